The van der Waals surface area contributed by atoms with E-state index in [2.05, 4.69) is 10.1 Å². The highest BCUT2D eigenvalue weighted by Crippen LogP contribution is 2.25. The van der Waals surface area contributed by atoms with Crippen LogP contribution in [0.4, 0.5) is 0 Å². The van der Waals surface area contributed by atoms with Crippen molar-refractivity contribution in [2.24, 2.45) is 0 Å². The minimum absolute atomic E-state index is 0.353. The van der Waals surface area contributed by atoms with Crippen LogP contribution in [0.1, 0.15) is 12.8 Å². The number of pyridine rings is 1. The summed E-state index contributed by atoms with van der Waals surface area (Å²) in [5, 5.41) is 4.06. The van der Waals surface area contributed by atoms with Gasteiger partial charge in [-0.05, 0) is 48.2 Å². The van der Waals surface area contributed by atoms with Crippen molar-refractivity contribution >= 4 is 15.7 Å². The van der Waals surface area contributed by atoms with Gasteiger partial charge in [-0.25, -0.2) is 17.9 Å². The smallest absolute Gasteiger partial charge is 0.221 e. The molecule has 118 valence electrons. The molecule has 3 heterocycles. The maximum absolute atomic E-state index is 12.5. The molecule has 0 atom stereocenters. The van der Waals surface area contributed by atoms with Crippen LogP contribution in [0.3, 0.4) is 0 Å². The standard InChI is InChI=1S/C16H16N4O2S/c21-23(22,19-8-1-2-9-19)15-5-3-13(4-6-15)14-7-10-20-16(11-14)17-12-18-20/h3-7,10-12H,1-2,8-9H2. The molecule has 3 aromatic rings. The highest BCUT2D eigenvalue weighted by molar-refractivity contribution is 7.89. The van der Waals surface area contributed by atoms with Gasteiger partial charge < -0.3 is 0 Å². The third-order valence-electron chi connectivity index (χ3n) is 4.17. The number of fused-ring (bicyclic) bond motifs is 1. The monoisotopic (exact) mass is 328 g/mol. The zero-order valence-electron chi connectivity index (χ0n) is 12.5. The first-order chi connectivity index (χ1) is 11.1. The van der Waals surface area contributed by atoms with E-state index in [4.69, 9.17) is 0 Å². The number of nitrogens with zero attached hydrogens (tertiary/aromatic N) is 4. The summed E-state index contributed by atoms with van der Waals surface area (Å²) in [6, 6.07) is 10.9. The molecule has 6 nitrogen and oxygen atoms in total. The lowest BCUT2D eigenvalue weighted by molar-refractivity contribution is 0.477. The zero-order valence-corrected chi connectivity index (χ0v) is 13.3. The molecule has 0 spiro atoms. The molecular weight excluding hydrogens is 312 g/mol. The van der Waals surface area contributed by atoms with Gasteiger partial charge >= 0.3 is 0 Å². The van der Waals surface area contributed by atoms with E-state index in [0.29, 0.717) is 18.0 Å². The highest BCUT2D eigenvalue weighted by Gasteiger charge is 2.26. The fourth-order valence-electron chi connectivity index (χ4n) is 2.89. The van der Waals surface area contributed by atoms with Crippen molar-refractivity contribution < 1.29 is 8.42 Å². The van der Waals surface area contributed by atoms with Crippen molar-refractivity contribution in [1.82, 2.24) is 18.9 Å². The summed E-state index contributed by atoms with van der Waals surface area (Å²) < 4.78 is 28.3. The minimum Gasteiger partial charge on any atom is -0.221 e. The van der Waals surface area contributed by atoms with Gasteiger partial charge in [0.1, 0.15) is 6.33 Å². The summed E-state index contributed by atoms with van der Waals surface area (Å²) in [5.41, 5.74) is 2.70. The van der Waals surface area contributed by atoms with E-state index in [-0.39, 0.29) is 0 Å². The van der Waals surface area contributed by atoms with Crippen LogP contribution in [0, 0.1) is 0 Å². The maximum Gasteiger partial charge on any atom is 0.243 e. The molecule has 4 rings (SSSR count). The number of benzene rings is 1. The van der Waals surface area contributed by atoms with Crippen molar-refractivity contribution in [3.05, 3.63) is 48.9 Å². The SMILES string of the molecule is O=S(=O)(c1ccc(-c2ccn3ncnc3c2)cc1)N1CCCC1. The van der Waals surface area contributed by atoms with Crippen molar-refractivity contribution in [3.63, 3.8) is 0 Å². The molecule has 0 unspecified atom stereocenters. The fraction of sp³-hybridized carbons (Fsp3) is 0.250. The predicted octanol–water partition coefficient (Wildman–Crippen LogP) is 2.18. The number of hydrogen-bond acceptors (Lipinski definition) is 4. The minimum atomic E-state index is -3.36. The second-order valence-electron chi connectivity index (χ2n) is 5.61. The van der Waals surface area contributed by atoms with Crippen molar-refractivity contribution in [1.29, 1.82) is 0 Å². The third-order valence-corrected chi connectivity index (χ3v) is 6.08. The maximum atomic E-state index is 12.5. The average molecular weight is 328 g/mol. The topological polar surface area (TPSA) is 67.6 Å². The Balaban J connectivity index is 1.67. The van der Waals surface area contributed by atoms with Gasteiger partial charge in [-0.3, -0.25) is 0 Å². The van der Waals surface area contributed by atoms with Crippen LogP contribution in [0.15, 0.2) is 53.8 Å². The molecule has 1 aromatic carbocycles. The Morgan fingerprint density at radius 2 is 1.70 bits per heavy atom. The quantitative estimate of drug-likeness (QED) is 0.739. The molecule has 2 aromatic heterocycles. The van der Waals surface area contributed by atoms with Crippen LogP contribution in [0.5, 0.6) is 0 Å². The van der Waals surface area contributed by atoms with Crippen LogP contribution >= 0.6 is 0 Å². The molecule has 0 saturated carbocycles. The second-order valence-corrected chi connectivity index (χ2v) is 7.55. The fourth-order valence-corrected chi connectivity index (χ4v) is 4.41. The van der Waals surface area contributed by atoms with Crippen LogP contribution in [-0.2, 0) is 10.0 Å². The van der Waals surface area contributed by atoms with Gasteiger partial charge in [0.05, 0.1) is 4.90 Å². The molecule has 0 N–H and O–H groups in total. The Kier molecular flexibility index (Phi) is 3.39. The Hall–Kier alpha value is -2.25. The number of rotatable bonds is 3. The summed E-state index contributed by atoms with van der Waals surface area (Å²) in [6.45, 7) is 1.24. The normalized spacial score (nSPS) is 16.2. The second kappa shape index (κ2) is 5.43. The first-order valence-electron chi connectivity index (χ1n) is 7.55. The van der Waals surface area contributed by atoms with Crippen molar-refractivity contribution in [3.8, 4) is 11.1 Å². The molecule has 0 aliphatic carbocycles. The third kappa shape index (κ3) is 2.51. The Bertz CT molecular complexity index is 942. The van der Waals surface area contributed by atoms with E-state index in [1.807, 2.05) is 30.5 Å². The number of sulfonamides is 1. The van der Waals surface area contributed by atoms with Gasteiger partial charge in [0, 0.05) is 19.3 Å². The van der Waals surface area contributed by atoms with Gasteiger partial charge in [0.25, 0.3) is 0 Å². The molecule has 23 heavy (non-hydrogen) atoms. The molecule has 0 radical (unpaired) electrons. The molecule has 1 fully saturated rings. The van der Waals surface area contributed by atoms with Gasteiger partial charge in [0.15, 0.2) is 5.65 Å². The van der Waals surface area contributed by atoms with E-state index in [9.17, 15) is 8.42 Å². The molecular formula is C16H16N4O2S. The van der Waals surface area contributed by atoms with Crippen LogP contribution in [-0.4, -0.2) is 40.4 Å². The van der Waals surface area contributed by atoms with Crippen molar-refractivity contribution in [2.45, 2.75) is 17.7 Å². The lowest BCUT2D eigenvalue weighted by Gasteiger charge is -2.15. The molecule has 1 aliphatic heterocycles. The Labute approximate surface area is 134 Å². The van der Waals surface area contributed by atoms with E-state index < -0.39 is 10.0 Å². The largest absolute Gasteiger partial charge is 0.243 e. The lowest BCUT2D eigenvalue weighted by Crippen LogP contribution is -2.27. The van der Waals surface area contributed by atoms with Crippen LogP contribution in [0.2, 0.25) is 0 Å². The van der Waals surface area contributed by atoms with Gasteiger partial charge in [-0.15, -0.1) is 0 Å². The van der Waals surface area contributed by atoms with Crippen LogP contribution in [0.25, 0.3) is 16.8 Å². The molecule has 7 heteroatoms. The predicted molar refractivity (Wildman–Crippen MR) is 86.4 cm³/mol. The van der Waals surface area contributed by atoms with Crippen LogP contribution < -0.4 is 0 Å². The Morgan fingerprint density at radius 1 is 0.957 bits per heavy atom. The molecule has 1 aliphatic rings. The van der Waals surface area contributed by atoms with E-state index in [1.54, 1.807) is 21.0 Å². The van der Waals surface area contributed by atoms with Crippen molar-refractivity contribution in [2.75, 3.05) is 13.1 Å². The molecule has 1 saturated heterocycles. The van der Waals surface area contributed by atoms with Gasteiger partial charge in [-0.2, -0.15) is 9.40 Å². The van der Waals surface area contributed by atoms with Gasteiger partial charge in [-0.1, -0.05) is 12.1 Å². The van der Waals surface area contributed by atoms with E-state index >= 15 is 0 Å². The summed E-state index contributed by atoms with van der Waals surface area (Å²) in [6.07, 6.45) is 5.22. The zero-order chi connectivity index (χ0) is 15.9. The lowest BCUT2D eigenvalue weighted by atomic mass is 10.1. The van der Waals surface area contributed by atoms with E-state index in [1.165, 1.54) is 6.33 Å². The first kappa shape index (κ1) is 14.3. The van der Waals surface area contributed by atoms with E-state index in [0.717, 1.165) is 29.6 Å². The summed E-state index contributed by atoms with van der Waals surface area (Å²) in [7, 11) is -3.36. The number of aromatic nitrogens is 3. The molecule has 0 amide bonds. The average Bonchev–Trinajstić information content (AvgIpc) is 3.26. The van der Waals surface area contributed by atoms with Gasteiger partial charge in [0.2, 0.25) is 10.0 Å². The molecule has 0 bridgehead atoms. The number of hydrogen-bond donors (Lipinski definition) is 0. The highest BCUT2D eigenvalue weighted by atomic mass is 32.2. The summed E-state index contributed by atoms with van der Waals surface area (Å²) in [4.78, 5) is 4.52. The summed E-state index contributed by atoms with van der Waals surface area (Å²) in [5.74, 6) is 0. The first-order valence-corrected chi connectivity index (χ1v) is 8.99. The summed E-state index contributed by atoms with van der Waals surface area (Å²) >= 11 is 0. The Morgan fingerprint density at radius 3 is 2.43 bits per heavy atom.